The van der Waals surface area contributed by atoms with Gasteiger partial charge in [-0.1, -0.05) is 6.42 Å². The maximum atomic E-state index is 8.85. The number of thiazole rings is 1. The smallest absolute Gasteiger partial charge is 0.112 e. The van der Waals surface area contributed by atoms with E-state index in [9.17, 15) is 0 Å². The molecular weight excluding hydrogens is 184 g/mol. The molecule has 1 aromatic rings. The van der Waals surface area contributed by atoms with Crippen molar-refractivity contribution in [2.45, 2.75) is 31.2 Å². The number of hydrogen-bond donors (Lipinski definition) is 2. The number of hydrogen-bond acceptors (Lipinski definition) is 4. The minimum atomic E-state index is -0.293. The average Bonchev–Trinajstić information content (AvgIpc) is 2.49. The lowest BCUT2D eigenvalue weighted by atomic mass is 9.83. The number of aliphatic hydroxyl groups excluding tert-OH is 1. The number of nitrogens with zero attached hydrogens (tertiary/aromatic N) is 1. The number of nitrogens with two attached hydrogens (primary N) is 1. The van der Waals surface area contributed by atoms with Gasteiger partial charge in [-0.15, -0.1) is 11.3 Å². The van der Waals surface area contributed by atoms with E-state index in [1.165, 1.54) is 25.0 Å². The fourth-order valence-electron chi connectivity index (χ4n) is 1.44. The van der Waals surface area contributed by atoms with Gasteiger partial charge in [-0.25, -0.2) is 4.98 Å². The largest absolute Gasteiger partial charge is 0.394 e. The Morgan fingerprint density at radius 3 is 3.00 bits per heavy atom. The second kappa shape index (κ2) is 3.74. The van der Waals surface area contributed by atoms with Crippen molar-refractivity contribution in [1.82, 2.24) is 4.98 Å². The summed E-state index contributed by atoms with van der Waals surface area (Å²) in [7, 11) is 0. The first-order valence-corrected chi connectivity index (χ1v) is 5.51. The SMILES string of the molecule is NC(CO)c1nc(C2CCC2)cs1. The maximum absolute atomic E-state index is 8.85. The average molecular weight is 198 g/mol. The topological polar surface area (TPSA) is 59.1 Å². The first kappa shape index (κ1) is 9.12. The second-order valence-corrected chi connectivity index (χ2v) is 4.42. The Kier molecular flexibility index (Phi) is 2.62. The molecule has 13 heavy (non-hydrogen) atoms. The van der Waals surface area contributed by atoms with Crippen LogP contribution >= 0.6 is 11.3 Å². The van der Waals surface area contributed by atoms with Crippen LogP contribution in [0.5, 0.6) is 0 Å². The monoisotopic (exact) mass is 198 g/mol. The lowest BCUT2D eigenvalue weighted by Gasteiger charge is -2.23. The lowest BCUT2D eigenvalue weighted by Crippen LogP contribution is -2.15. The van der Waals surface area contributed by atoms with Gasteiger partial charge in [0.25, 0.3) is 0 Å². The minimum absolute atomic E-state index is 0.0163. The summed E-state index contributed by atoms with van der Waals surface area (Å²) in [5.41, 5.74) is 6.84. The van der Waals surface area contributed by atoms with Gasteiger partial charge in [-0.2, -0.15) is 0 Å². The van der Waals surface area contributed by atoms with E-state index in [0.29, 0.717) is 5.92 Å². The van der Waals surface area contributed by atoms with Crippen molar-refractivity contribution in [3.8, 4) is 0 Å². The van der Waals surface area contributed by atoms with E-state index in [1.54, 1.807) is 11.3 Å². The molecule has 1 unspecified atom stereocenters. The normalized spacial score (nSPS) is 19.8. The zero-order valence-electron chi connectivity index (χ0n) is 7.44. The van der Waals surface area contributed by atoms with Crippen LogP contribution in [0.15, 0.2) is 5.38 Å². The highest BCUT2D eigenvalue weighted by Gasteiger charge is 2.22. The summed E-state index contributed by atoms with van der Waals surface area (Å²) in [6.07, 6.45) is 3.85. The number of aliphatic hydroxyl groups is 1. The molecule has 0 spiro atoms. The van der Waals surface area contributed by atoms with Crippen LogP contribution in [0.1, 0.15) is 41.9 Å². The van der Waals surface area contributed by atoms with Crippen molar-refractivity contribution >= 4 is 11.3 Å². The Morgan fingerprint density at radius 1 is 1.69 bits per heavy atom. The van der Waals surface area contributed by atoms with E-state index in [1.807, 2.05) is 0 Å². The summed E-state index contributed by atoms with van der Waals surface area (Å²) < 4.78 is 0. The Morgan fingerprint density at radius 2 is 2.46 bits per heavy atom. The number of rotatable bonds is 3. The molecule has 0 bridgehead atoms. The third kappa shape index (κ3) is 1.75. The van der Waals surface area contributed by atoms with Crippen molar-refractivity contribution in [3.05, 3.63) is 16.1 Å². The van der Waals surface area contributed by atoms with Crippen molar-refractivity contribution in [2.24, 2.45) is 5.73 Å². The third-order valence-corrected chi connectivity index (χ3v) is 3.57. The predicted molar refractivity (Wildman–Crippen MR) is 52.7 cm³/mol. The van der Waals surface area contributed by atoms with Crippen molar-refractivity contribution in [2.75, 3.05) is 6.61 Å². The third-order valence-electron chi connectivity index (χ3n) is 2.58. The molecule has 0 amide bonds. The molecule has 4 heteroatoms. The van der Waals surface area contributed by atoms with E-state index >= 15 is 0 Å². The van der Waals surface area contributed by atoms with Crippen LogP contribution in [0.25, 0.3) is 0 Å². The van der Waals surface area contributed by atoms with Crippen molar-refractivity contribution < 1.29 is 5.11 Å². The van der Waals surface area contributed by atoms with Crippen molar-refractivity contribution in [1.29, 1.82) is 0 Å². The van der Waals surface area contributed by atoms with Gasteiger partial charge in [0.1, 0.15) is 5.01 Å². The summed E-state index contributed by atoms with van der Waals surface area (Å²) in [5, 5.41) is 11.8. The fraction of sp³-hybridized carbons (Fsp3) is 0.667. The summed E-state index contributed by atoms with van der Waals surface area (Å²) in [6, 6.07) is -0.293. The molecule has 1 saturated carbocycles. The van der Waals surface area contributed by atoms with E-state index in [2.05, 4.69) is 10.4 Å². The molecule has 1 heterocycles. The van der Waals surface area contributed by atoms with Gasteiger partial charge in [0.05, 0.1) is 18.3 Å². The first-order chi connectivity index (χ1) is 6.31. The Balaban J connectivity index is 2.08. The molecule has 72 valence electrons. The Labute approximate surface area is 81.6 Å². The van der Waals surface area contributed by atoms with Gasteiger partial charge in [0, 0.05) is 11.3 Å². The van der Waals surface area contributed by atoms with Crippen LogP contribution in [0.2, 0.25) is 0 Å². The molecular formula is C9H14N2OS. The first-order valence-electron chi connectivity index (χ1n) is 4.63. The molecule has 1 aromatic heterocycles. The van der Waals surface area contributed by atoms with E-state index in [0.717, 1.165) is 5.01 Å². The number of aromatic nitrogens is 1. The standard InChI is InChI=1S/C9H14N2OS/c10-7(4-12)9-11-8(5-13-9)6-2-1-3-6/h5-7,12H,1-4,10H2. The predicted octanol–water partition coefficient (Wildman–Crippen LogP) is 1.40. The molecule has 1 aliphatic carbocycles. The Bertz CT molecular complexity index is 264. The van der Waals surface area contributed by atoms with E-state index < -0.39 is 0 Å². The quantitative estimate of drug-likeness (QED) is 0.772. The Hall–Kier alpha value is -0.450. The maximum Gasteiger partial charge on any atom is 0.112 e. The van der Waals surface area contributed by atoms with Crippen LogP contribution in [-0.4, -0.2) is 16.7 Å². The summed E-state index contributed by atoms with van der Waals surface area (Å²) in [5.74, 6) is 0.663. The van der Waals surface area contributed by atoms with Gasteiger partial charge in [0.15, 0.2) is 0 Å². The van der Waals surface area contributed by atoms with Gasteiger partial charge >= 0.3 is 0 Å². The molecule has 0 aromatic carbocycles. The van der Waals surface area contributed by atoms with Crippen molar-refractivity contribution in [3.63, 3.8) is 0 Å². The minimum Gasteiger partial charge on any atom is -0.394 e. The highest BCUT2D eigenvalue weighted by Crippen LogP contribution is 2.37. The van der Waals surface area contributed by atoms with Crippen LogP contribution < -0.4 is 5.73 Å². The molecule has 0 radical (unpaired) electrons. The molecule has 0 aliphatic heterocycles. The zero-order valence-corrected chi connectivity index (χ0v) is 8.26. The molecule has 3 nitrogen and oxygen atoms in total. The van der Waals surface area contributed by atoms with Crippen LogP contribution in [0.3, 0.4) is 0 Å². The van der Waals surface area contributed by atoms with Gasteiger partial charge in [-0.3, -0.25) is 0 Å². The van der Waals surface area contributed by atoms with E-state index in [4.69, 9.17) is 10.8 Å². The molecule has 1 fully saturated rings. The molecule has 1 atom stereocenters. The zero-order chi connectivity index (χ0) is 9.26. The van der Waals surface area contributed by atoms with Crippen LogP contribution in [0, 0.1) is 0 Å². The molecule has 0 saturated heterocycles. The second-order valence-electron chi connectivity index (χ2n) is 3.53. The highest BCUT2D eigenvalue weighted by atomic mass is 32.1. The summed E-state index contributed by atoms with van der Waals surface area (Å²) in [4.78, 5) is 4.44. The summed E-state index contributed by atoms with van der Waals surface area (Å²) in [6.45, 7) is -0.0163. The van der Waals surface area contributed by atoms with E-state index in [-0.39, 0.29) is 12.6 Å². The molecule has 3 N–H and O–H groups in total. The fourth-order valence-corrected chi connectivity index (χ4v) is 2.33. The lowest BCUT2D eigenvalue weighted by molar-refractivity contribution is 0.267. The molecule has 2 rings (SSSR count). The van der Waals surface area contributed by atoms with Gasteiger partial charge in [-0.05, 0) is 12.8 Å². The van der Waals surface area contributed by atoms with Gasteiger partial charge in [0.2, 0.25) is 0 Å². The van der Waals surface area contributed by atoms with Gasteiger partial charge < -0.3 is 10.8 Å². The van der Waals surface area contributed by atoms with Crippen LogP contribution in [-0.2, 0) is 0 Å². The summed E-state index contributed by atoms with van der Waals surface area (Å²) >= 11 is 1.56. The van der Waals surface area contributed by atoms with Crippen LogP contribution in [0.4, 0.5) is 0 Å². The highest BCUT2D eigenvalue weighted by molar-refractivity contribution is 7.09. The molecule has 1 aliphatic rings.